The van der Waals surface area contributed by atoms with Crippen molar-refractivity contribution in [1.29, 1.82) is 0 Å². The highest BCUT2D eigenvalue weighted by Gasteiger charge is 2.00. The number of benzene rings is 1. The minimum atomic E-state index is -0.946. The molecule has 0 spiro atoms. The van der Waals surface area contributed by atoms with E-state index in [0.717, 1.165) is 5.56 Å². The number of hydrogen-bond donors (Lipinski definition) is 3. The minimum Gasteiger partial charge on any atom is -0.478 e. The van der Waals surface area contributed by atoms with Crippen molar-refractivity contribution >= 4 is 5.97 Å². The summed E-state index contributed by atoms with van der Waals surface area (Å²) in [6.07, 6.45) is 0. The third-order valence-corrected chi connectivity index (χ3v) is 1.48. The van der Waals surface area contributed by atoms with E-state index in [-0.39, 0.29) is 5.56 Å². The summed E-state index contributed by atoms with van der Waals surface area (Å²) in [6.45, 7) is 0.319. The van der Waals surface area contributed by atoms with Gasteiger partial charge in [-0.3, -0.25) is 0 Å². The Morgan fingerprint density at radius 1 is 1.33 bits per heavy atom. The van der Waals surface area contributed by atoms with Gasteiger partial charge in [0.15, 0.2) is 0 Å². The highest BCUT2D eigenvalue weighted by molar-refractivity contribution is 5.87. The van der Waals surface area contributed by atoms with Crippen molar-refractivity contribution < 1.29 is 15.1 Å². The van der Waals surface area contributed by atoms with Gasteiger partial charge in [-0.1, -0.05) is 12.1 Å². The first kappa shape index (κ1) is 8.70. The van der Waals surface area contributed by atoms with Gasteiger partial charge >= 0.3 is 5.97 Å². The van der Waals surface area contributed by atoms with Crippen molar-refractivity contribution in [3.05, 3.63) is 35.4 Å². The van der Waals surface area contributed by atoms with E-state index < -0.39 is 5.97 Å². The van der Waals surface area contributed by atoms with Crippen molar-refractivity contribution in [2.75, 3.05) is 0 Å². The zero-order chi connectivity index (χ0) is 8.97. The molecule has 3 N–H and O–H groups in total. The maximum atomic E-state index is 10.4. The first-order valence-electron chi connectivity index (χ1n) is 3.43. The molecule has 0 heterocycles. The van der Waals surface area contributed by atoms with E-state index in [4.69, 9.17) is 10.3 Å². The van der Waals surface area contributed by atoms with Crippen molar-refractivity contribution in [1.82, 2.24) is 5.48 Å². The van der Waals surface area contributed by atoms with Crippen molar-refractivity contribution in [2.45, 2.75) is 6.54 Å². The lowest BCUT2D eigenvalue weighted by Gasteiger charge is -1.98. The molecule has 4 nitrogen and oxygen atoms in total. The third-order valence-electron chi connectivity index (χ3n) is 1.48. The second-order valence-electron chi connectivity index (χ2n) is 2.34. The summed E-state index contributed by atoms with van der Waals surface area (Å²) in [5.74, 6) is -0.946. The molecular formula is C8H9NO3. The van der Waals surface area contributed by atoms with Crippen LogP contribution in [0.1, 0.15) is 15.9 Å². The first-order valence-corrected chi connectivity index (χ1v) is 3.43. The molecular weight excluding hydrogens is 158 g/mol. The van der Waals surface area contributed by atoms with Gasteiger partial charge in [0.25, 0.3) is 0 Å². The summed E-state index contributed by atoms with van der Waals surface area (Å²) in [7, 11) is 0. The topological polar surface area (TPSA) is 69.6 Å². The van der Waals surface area contributed by atoms with Crippen LogP contribution in [0.2, 0.25) is 0 Å². The molecule has 0 aliphatic carbocycles. The molecule has 0 aromatic heterocycles. The van der Waals surface area contributed by atoms with Crippen LogP contribution >= 0.6 is 0 Å². The molecule has 12 heavy (non-hydrogen) atoms. The Morgan fingerprint density at radius 3 is 2.33 bits per heavy atom. The van der Waals surface area contributed by atoms with Crippen LogP contribution in [0.25, 0.3) is 0 Å². The normalized spacial score (nSPS) is 9.75. The van der Waals surface area contributed by atoms with Crippen molar-refractivity contribution in [2.24, 2.45) is 0 Å². The predicted molar refractivity (Wildman–Crippen MR) is 42.0 cm³/mol. The van der Waals surface area contributed by atoms with E-state index in [0.29, 0.717) is 6.54 Å². The average molecular weight is 167 g/mol. The molecule has 0 bridgehead atoms. The maximum Gasteiger partial charge on any atom is 0.335 e. The number of carboxylic acids is 1. The zero-order valence-corrected chi connectivity index (χ0v) is 6.32. The highest BCUT2D eigenvalue weighted by Crippen LogP contribution is 2.03. The fraction of sp³-hybridized carbons (Fsp3) is 0.125. The quantitative estimate of drug-likeness (QED) is 0.584. The van der Waals surface area contributed by atoms with Gasteiger partial charge in [0.1, 0.15) is 0 Å². The molecule has 0 fully saturated rings. The number of nitrogens with one attached hydrogen (secondary N) is 1. The Balaban J connectivity index is 2.78. The highest BCUT2D eigenvalue weighted by atomic mass is 16.5. The minimum absolute atomic E-state index is 0.247. The van der Waals surface area contributed by atoms with Gasteiger partial charge in [-0.05, 0) is 17.7 Å². The molecule has 0 atom stereocenters. The number of hydrogen-bond acceptors (Lipinski definition) is 3. The molecule has 0 aliphatic heterocycles. The summed E-state index contributed by atoms with van der Waals surface area (Å²) in [5, 5.41) is 16.9. The van der Waals surface area contributed by atoms with Gasteiger partial charge in [-0.2, -0.15) is 0 Å². The molecule has 1 rings (SSSR count). The molecule has 0 saturated carbocycles. The largest absolute Gasteiger partial charge is 0.478 e. The van der Waals surface area contributed by atoms with Crippen LogP contribution in [-0.4, -0.2) is 16.3 Å². The zero-order valence-electron chi connectivity index (χ0n) is 6.32. The first-order chi connectivity index (χ1) is 5.74. The second kappa shape index (κ2) is 3.85. The van der Waals surface area contributed by atoms with E-state index in [2.05, 4.69) is 0 Å². The van der Waals surface area contributed by atoms with Crippen LogP contribution in [0, 0.1) is 0 Å². The summed E-state index contributed by atoms with van der Waals surface area (Å²) in [5.41, 5.74) is 3.07. The summed E-state index contributed by atoms with van der Waals surface area (Å²) in [6, 6.07) is 6.28. The molecule has 64 valence electrons. The van der Waals surface area contributed by atoms with E-state index in [1.165, 1.54) is 12.1 Å². The lowest BCUT2D eigenvalue weighted by Crippen LogP contribution is -2.06. The van der Waals surface area contributed by atoms with Crippen LogP contribution in [0.3, 0.4) is 0 Å². The number of carboxylic acid groups (broad SMARTS) is 1. The van der Waals surface area contributed by atoms with Crippen LogP contribution in [0.15, 0.2) is 24.3 Å². The van der Waals surface area contributed by atoms with Gasteiger partial charge in [0, 0.05) is 6.54 Å². The fourth-order valence-electron chi connectivity index (χ4n) is 0.856. The van der Waals surface area contributed by atoms with E-state index in [1.807, 2.05) is 5.48 Å². The Labute approximate surface area is 69.4 Å². The van der Waals surface area contributed by atoms with Crippen LogP contribution < -0.4 is 5.48 Å². The molecule has 4 heteroatoms. The van der Waals surface area contributed by atoms with E-state index >= 15 is 0 Å². The van der Waals surface area contributed by atoms with Gasteiger partial charge < -0.3 is 10.3 Å². The van der Waals surface area contributed by atoms with Crippen molar-refractivity contribution in [3.63, 3.8) is 0 Å². The van der Waals surface area contributed by atoms with Crippen LogP contribution in [0.5, 0.6) is 0 Å². The SMILES string of the molecule is O=C(O)c1ccc(CNO)cc1. The van der Waals surface area contributed by atoms with Crippen LogP contribution in [0.4, 0.5) is 0 Å². The molecule has 0 unspecified atom stereocenters. The van der Waals surface area contributed by atoms with Crippen LogP contribution in [-0.2, 0) is 6.54 Å². The lowest BCUT2D eigenvalue weighted by molar-refractivity contribution is 0.0697. The van der Waals surface area contributed by atoms with E-state index in [9.17, 15) is 4.79 Å². The number of aromatic carboxylic acids is 1. The molecule has 0 aliphatic rings. The number of carbonyl (C=O) groups is 1. The Morgan fingerprint density at radius 2 is 1.92 bits per heavy atom. The maximum absolute atomic E-state index is 10.4. The standard InChI is InChI=1S/C8H9NO3/c10-8(11)7-3-1-6(2-4-7)5-9-12/h1-4,9,12H,5H2,(H,10,11). The summed E-state index contributed by atoms with van der Waals surface area (Å²) >= 11 is 0. The Bertz CT molecular complexity index is 268. The average Bonchev–Trinajstić information content (AvgIpc) is 2.06. The fourth-order valence-corrected chi connectivity index (χ4v) is 0.856. The summed E-state index contributed by atoms with van der Waals surface area (Å²) < 4.78 is 0. The molecule has 0 radical (unpaired) electrons. The van der Waals surface area contributed by atoms with Crippen molar-refractivity contribution in [3.8, 4) is 0 Å². The molecule has 1 aromatic rings. The van der Waals surface area contributed by atoms with Gasteiger partial charge in [-0.25, -0.2) is 10.3 Å². The smallest absolute Gasteiger partial charge is 0.335 e. The third kappa shape index (κ3) is 2.05. The van der Waals surface area contributed by atoms with Gasteiger partial charge in [-0.15, -0.1) is 0 Å². The molecule has 0 saturated heterocycles. The second-order valence-corrected chi connectivity index (χ2v) is 2.34. The number of hydroxylamine groups is 1. The van der Waals surface area contributed by atoms with E-state index in [1.54, 1.807) is 12.1 Å². The summed E-state index contributed by atoms with van der Waals surface area (Å²) in [4.78, 5) is 10.4. The predicted octanol–water partition coefficient (Wildman–Crippen LogP) is 0.864. The lowest BCUT2D eigenvalue weighted by atomic mass is 10.1. The Hall–Kier alpha value is -1.39. The molecule has 0 amide bonds. The number of rotatable bonds is 3. The van der Waals surface area contributed by atoms with Gasteiger partial charge in [0.05, 0.1) is 5.56 Å². The monoisotopic (exact) mass is 167 g/mol. The Kier molecular flexibility index (Phi) is 2.79. The molecule has 1 aromatic carbocycles. The van der Waals surface area contributed by atoms with Gasteiger partial charge in [0.2, 0.25) is 0 Å².